The van der Waals surface area contributed by atoms with Crippen molar-refractivity contribution in [3.63, 3.8) is 0 Å². The van der Waals surface area contributed by atoms with Gasteiger partial charge in [0.1, 0.15) is 18.1 Å². The van der Waals surface area contributed by atoms with Crippen LogP contribution in [0.25, 0.3) is 22.5 Å². The highest BCUT2D eigenvalue weighted by Gasteiger charge is 2.19. The van der Waals surface area contributed by atoms with E-state index in [0.29, 0.717) is 35.0 Å². The summed E-state index contributed by atoms with van der Waals surface area (Å²) in [5.74, 6) is 0.276. The normalized spacial score (nSPS) is 11.1. The van der Waals surface area contributed by atoms with E-state index >= 15 is 0 Å². The fourth-order valence-electron chi connectivity index (χ4n) is 2.77. The first-order chi connectivity index (χ1) is 13.9. The lowest BCUT2D eigenvalue weighted by atomic mass is 10.0. The minimum atomic E-state index is -2.57. The number of hydrogen-bond acceptors (Lipinski definition) is 7. The van der Waals surface area contributed by atoms with E-state index in [1.807, 2.05) is 6.92 Å². The third kappa shape index (κ3) is 4.71. The van der Waals surface area contributed by atoms with E-state index in [2.05, 4.69) is 25.4 Å². The number of pyridine rings is 1. The van der Waals surface area contributed by atoms with Gasteiger partial charge in [-0.1, -0.05) is 6.92 Å². The molecule has 3 heterocycles. The zero-order valence-electron chi connectivity index (χ0n) is 16.1. The Morgan fingerprint density at radius 3 is 2.83 bits per heavy atom. The van der Waals surface area contributed by atoms with Gasteiger partial charge in [0.2, 0.25) is 5.95 Å². The molecule has 0 atom stereocenters. The molecule has 0 aromatic carbocycles. The lowest BCUT2D eigenvalue weighted by Crippen LogP contribution is -2.07. The van der Waals surface area contributed by atoms with Crippen LogP contribution in [0.1, 0.15) is 30.6 Å². The van der Waals surface area contributed by atoms with Crippen LogP contribution in [0.5, 0.6) is 0 Å². The van der Waals surface area contributed by atoms with Crippen molar-refractivity contribution in [1.29, 1.82) is 0 Å². The number of alkyl halides is 2. The molecule has 0 saturated heterocycles. The molecule has 29 heavy (non-hydrogen) atoms. The van der Waals surface area contributed by atoms with Gasteiger partial charge in [-0.2, -0.15) is 5.10 Å². The van der Waals surface area contributed by atoms with E-state index in [-0.39, 0.29) is 17.2 Å². The van der Waals surface area contributed by atoms with E-state index in [0.717, 1.165) is 11.1 Å². The van der Waals surface area contributed by atoms with Crippen LogP contribution in [0.3, 0.4) is 0 Å². The number of anilines is 2. The van der Waals surface area contributed by atoms with Crippen LogP contribution >= 0.6 is 0 Å². The second kappa shape index (κ2) is 8.72. The number of ketones is 1. The number of hydrogen-bond donors (Lipinski definition) is 2. The Labute approximate surface area is 166 Å². The first kappa shape index (κ1) is 20.3. The first-order valence-electron chi connectivity index (χ1n) is 9.08. The summed E-state index contributed by atoms with van der Waals surface area (Å²) in [4.78, 5) is 24.5. The van der Waals surface area contributed by atoms with Gasteiger partial charge >= 0.3 is 0 Å². The highest BCUT2D eigenvalue weighted by molar-refractivity contribution is 5.99. The average Bonchev–Trinajstić information content (AvgIpc) is 3.09. The number of rotatable bonds is 8. The molecule has 0 bridgehead atoms. The van der Waals surface area contributed by atoms with Crippen molar-refractivity contribution in [3.8, 4) is 22.5 Å². The molecule has 0 unspecified atom stereocenters. The second-order valence-electron chi connectivity index (χ2n) is 6.41. The zero-order valence-corrected chi connectivity index (χ0v) is 16.1. The second-order valence-corrected chi connectivity index (χ2v) is 6.41. The van der Waals surface area contributed by atoms with Crippen molar-refractivity contribution in [2.75, 3.05) is 17.6 Å². The van der Waals surface area contributed by atoms with E-state index in [1.165, 1.54) is 19.3 Å². The molecule has 3 aromatic heterocycles. The topological polar surface area (TPSA) is 112 Å². The fourth-order valence-corrected chi connectivity index (χ4v) is 2.77. The van der Waals surface area contributed by atoms with Gasteiger partial charge in [0.25, 0.3) is 6.43 Å². The maximum Gasteiger partial charge on any atom is 0.257 e. The summed E-state index contributed by atoms with van der Waals surface area (Å²) in [6.07, 6.45) is 2.86. The lowest BCUT2D eigenvalue weighted by Gasteiger charge is -2.07. The Balaban J connectivity index is 2.11. The molecular weight excluding hydrogens is 380 g/mol. The third-order valence-electron chi connectivity index (χ3n) is 4.12. The van der Waals surface area contributed by atoms with Gasteiger partial charge in [0, 0.05) is 36.3 Å². The van der Waals surface area contributed by atoms with Gasteiger partial charge in [-0.25, -0.2) is 23.7 Å². The standard InChI is InChI=1S/C19H21F2N7O/c1-3-5-23-19-24-6-4-15(26-19)14-9-28(10-16(20)21)27-17(14)12-7-13(11(2)29)18(22)25-8-12/h4,6-9,16H,3,5,10H2,1-2H3,(H2,22,25)(H,23,24,26). The smallest absolute Gasteiger partial charge is 0.257 e. The quantitative estimate of drug-likeness (QED) is 0.557. The van der Waals surface area contributed by atoms with E-state index in [1.54, 1.807) is 18.3 Å². The largest absolute Gasteiger partial charge is 0.383 e. The highest BCUT2D eigenvalue weighted by Crippen LogP contribution is 2.31. The molecule has 8 nitrogen and oxygen atoms in total. The first-order valence-corrected chi connectivity index (χ1v) is 9.08. The van der Waals surface area contributed by atoms with Crippen molar-refractivity contribution in [3.05, 3.63) is 36.3 Å². The molecule has 0 saturated carbocycles. The fraction of sp³-hybridized carbons (Fsp3) is 0.316. The van der Waals surface area contributed by atoms with E-state index in [9.17, 15) is 13.6 Å². The Kier molecular flexibility index (Phi) is 6.10. The van der Waals surface area contributed by atoms with Gasteiger partial charge in [-0.15, -0.1) is 0 Å². The van der Waals surface area contributed by atoms with Crippen molar-refractivity contribution in [1.82, 2.24) is 24.7 Å². The predicted octanol–water partition coefficient (Wildman–Crippen LogP) is 3.27. The minimum absolute atomic E-state index is 0.0999. The highest BCUT2D eigenvalue weighted by atomic mass is 19.3. The van der Waals surface area contributed by atoms with Crippen LogP contribution in [0.4, 0.5) is 20.5 Å². The van der Waals surface area contributed by atoms with Gasteiger partial charge in [-0.3, -0.25) is 9.48 Å². The van der Waals surface area contributed by atoms with Crippen molar-refractivity contribution >= 4 is 17.5 Å². The van der Waals surface area contributed by atoms with E-state index in [4.69, 9.17) is 5.73 Å². The molecule has 0 fully saturated rings. The van der Waals surface area contributed by atoms with Crippen molar-refractivity contribution < 1.29 is 13.6 Å². The van der Waals surface area contributed by atoms with Crippen LogP contribution in [-0.4, -0.2) is 43.5 Å². The molecule has 10 heteroatoms. The molecule has 0 aliphatic heterocycles. The molecular formula is C19H21F2N7O. The lowest BCUT2D eigenvalue weighted by molar-refractivity contribution is 0.101. The molecule has 0 radical (unpaired) electrons. The number of nitrogens with zero attached hydrogens (tertiary/aromatic N) is 5. The molecule has 3 aromatic rings. The molecule has 0 aliphatic carbocycles. The van der Waals surface area contributed by atoms with E-state index < -0.39 is 13.0 Å². The summed E-state index contributed by atoms with van der Waals surface area (Å²) in [5, 5.41) is 7.37. The Morgan fingerprint density at radius 1 is 1.34 bits per heavy atom. The summed E-state index contributed by atoms with van der Waals surface area (Å²) in [6.45, 7) is 3.53. The maximum absolute atomic E-state index is 12.9. The molecule has 0 spiro atoms. The summed E-state index contributed by atoms with van der Waals surface area (Å²) < 4.78 is 27.0. The van der Waals surface area contributed by atoms with Gasteiger partial charge < -0.3 is 11.1 Å². The van der Waals surface area contributed by atoms with Gasteiger partial charge in [0.15, 0.2) is 5.78 Å². The summed E-state index contributed by atoms with van der Waals surface area (Å²) >= 11 is 0. The number of nitrogen functional groups attached to an aromatic ring is 1. The summed E-state index contributed by atoms with van der Waals surface area (Å²) in [5.41, 5.74) is 7.90. The maximum atomic E-state index is 12.9. The summed E-state index contributed by atoms with van der Waals surface area (Å²) in [7, 11) is 0. The zero-order chi connectivity index (χ0) is 21.0. The minimum Gasteiger partial charge on any atom is -0.383 e. The number of carbonyl (C=O) groups is 1. The monoisotopic (exact) mass is 401 g/mol. The molecule has 0 aliphatic rings. The number of aromatic nitrogens is 5. The average molecular weight is 401 g/mol. The Morgan fingerprint density at radius 2 is 2.14 bits per heavy atom. The van der Waals surface area contributed by atoms with Crippen LogP contribution in [0, 0.1) is 0 Å². The van der Waals surface area contributed by atoms with Crippen LogP contribution in [0.15, 0.2) is 30.7 Å². The van der Waals surface area contributed by atoms with Crippen molar-refractivity contribution in [2.45, 2.75) is 33.2 Å². The number of nitrogens with two attached hydrogens (primary N) is 1. The Hall–Kier alpha value is -3.43. The van der Waals surface area contributed by atoms with Crippen LogP contribution in [-0.2, 0) is 6.54 Å². The molecule has 152 valence electrons. The van der Waals surface area contributed by atoms with Crippen molar-refractivity contribution in [2.24, 2.45) is 0 Å². The van der Waals surface area contributed by atoms with Gasteiger partial charge in [0.05, 0.1) is 11.3 Å². The van der Waals surface area contributed by atoms with Gasteiger partial charge in [-0.05, 0) is 25.5 Å². The number of Topliss-reactive ketones (excluding diaryl/α,β-unsaturated/α-hetero) is 1. The van der Waals surface area contributed by atoms with Crippen LogP contribution in [0.2, 0.25) is 0 Å². The molecule has 3 rings (SSSR count). The number of halogens is 2. The number of nitrogens with one attached hydrogen (secondary N) is 1. The molecule has 0 amide bonds. The third-order valence-corrected chi connectivity index (χ3v) is 4.12. The molecule has 3 N–H and O–H groups in total. The Bertz CT molecular complexity index is 1020. The SMILES string of the molecule is CCCNc1nccc(-c2cn(CC(F)F)nc2-c2cnc(N)c(C(C)=O)c2)n1. The predicted molar refractivity (Wildman–Crippen MR) is 106 cm³/mol. The number of carbonyl (C=O) groups excluding carboxylic acids is 1. The summed E-state index contributed by atoms with van der Waals surface area (Å²) in [6, 6.07) is 3.22. The van der Waals surface area contributed by atoms with Crippen LogP contribution < -0.4 is 11.1 Å².